The van der Waals surface area contributed by atoms with Gasteiger partial charge in [-0.15, -0.1) is 11.3 Å². The number of nitrogens with zero attached hydrogens (tertiary/aromatic N) is 3. The first-order chi connectivity index (χ1) is 11.1. The summed E-state index contributed by atoms with van der Waals surface area (Å²) in [6, 6.07) is 6.64. The second-order valence-corrected chi connectivity index (χ2v) is 6.72. The maximum atomic E-state index is 10.7. The molecule has 0 saturated carbocycles. The van der Waals surface area contributed by atoms with Crippen LogP contribution in [0.5, 0.6) is 0 Å². The average molecular weight is 351 g/mol. The molecule has 23 heavy (non-hydrogen) atoms. The molecule has 0 unspecified atom stereocenters. The third-order valence-electron chi connectivity index (χ3n) is 3.71. The maximum Gasteiger partial charge on any atom is 0.269 e. The van der Waals surface area contributed by atoms with Crippen LogP contribution in [0.15, 0.2) is 30.5 Å². The predicted octanol–water partition coefficient (Wildman–Crippen LogP) is 4.77. The van der Waals surface area contributed by atoms with E-state index in [0.29, 0.717) is 5.92 Å². The van der Waals surface area contributed by atoms with Crippen LogP contribution in [0.4, 0.5) is 5.69 Å². The van der Waals surface area contributed by atoms with Crippen molar-refractivity contribution in [2.24, 2.45) is 0 Å². The van der Waals surface area contributed by atoms with E-state index in [1.807, 2.05) is 24.3 Å². The molecular formula is C16H21N3O2S2. The molecule has 1 aliphatic heterocycles. The van der Waals surface area contributed by atoms with Crippen molar-refractivity contribution >= 4 is 29.8 Å². The van der Waals surface area contributed by atoms with Crippen LogP contribution in [0.25, 0.3) is 10.4 Å². The molecule has 0 N–H and O–H groups in total. The van der Waals surface area contributed by atoms with E-state index >= 15 is 0 Å². The largest absolute Gasteiger partial charge is 0.269 e. The number of hydrogen-bond acceptors (Lipinski definition) is 6. The van der Waals surface area contributed by atoms with Crippen LogP contribution in [-0.4, -0.2) is 27.3 Å². The van der Waals surface area contributed by atoms with E-state index in [4.69, 9.17) is 0 Å². The van der Waals surface area contributed by atoms with Crippen LogP contribution < -0.4 is 0 Å². The summed E-state index contributed by atoms with van der Waals surface area (Å²) >= 11 is 6.05. The van der Waals surface area contributed by atoms with Crippen LogP contribution in [0.1, 0.15) is 37.6 Å². The van der Waals surface area contributed by atoms with Crippen molar-refractivity contribution in [3.63, 3.8) is 0 Å². The summed E-state index contributed by atoms with van der Waals surface area (Å²) < 4.78 is 2.04. The Hall–Kier alpha value is -1.44. The second kappa shape index (κ2) is 8.42. The number of nitro groups is 1. The number of nitro benzene ring substituents is 1. The number of thiazole rings is 1. The lowest BCUT2D eigenvalue weighted by molar-refractivity contribution is -0.384. The Bertz CT molecular complexity index is 635. The molecule has 1 aromatic carbocycles. The zero-order valence-corrected chi connectivity index (χ0v) is 15.0. The number of non-ortho nitro benzene ring substituents is 1. The topological polar surface area (TPSA) is 59.3 Å². The van der Waals surface area contributed by atoms with Gasteiger partial charge in [0.2, 0.25) is 0 Å². The quantitative estimate of drug-likeness (QED) is 0.492. The van der Waals surface area contributed by atoms with Crippen molar-refractivity contribution in [3.05, 3.63) is 45.6 Å². The Morgan fingerprint density at radius 2 is 1.87 bits per heavy atom. The number of rotatable bonds is 3. The highest BCUT2D eigenvalue weighted by molar-refractivity contribution is 7.77. The van der Waals surface area contributed by atoms with Gasteiger partial charge in [-0.05, 0) is 30.5 Å². The van der Waals surface area contributed by atoms with Gasteiger partial charge in [-0.3, -0.25) is 14.4 Å². The van der Waals surface area contributed by atoms with E-state index in [1.165, 1.54) is 12.1 Å². The molecule has 5 nitrogen and oxygen atoms in total. The molecule has 0 amide bonds. The molecule has 3 rings (SSSR count). The van der Waals surface area contributed by atoms with Gasteiger partial charge in [0.05, 0.1) is 14.8 Å². The summed E-state index contributed by atoms with van der Waals surface area (Å²) in [4.78, 5) is 15.9. The molecule has 124 valence electrons. The van der Waals surface area contributed by atoms with E-state index in [9.17, 15) is 10.1 Å². The highest BCUT2D eigenvalue weighted by atomic mass is 32.1. The summed E-state index contributed by atoms with van der Waals surface area (Å²) in [5.41, 5.74) is 1.10. The SMILES string of the molecule is CC.O=[N+]([O-])c1ccc(-c2cnc(C3CCN(S)CC3)s2)cc1. The zero-order valence-electron chi connectivity index (χ0n) is 13.3. The number of aromatic nitrogens is 1. The summed E-state index contributed by atoms with van der Waals surface area (Å²) in [5.74, 6) is 0.505. The Kier molecular flexibility index (Phi) is 6.56. The fraction of sp³-hybridized carbons (Fsp3) is 0.438. The zero-order chi connectivity index (χ0) is 16.8. The number of hydrogen-bond donors (Lipinski definition) is 1. The minimum Gasteiger partial charge on any atom is -0.258 e. The molecule has 0 spiro atoms. The standard InChI is InChI=1S/C14H15N3O2S2.C2H6/c18-17(19)12-3-1-10(2-4-12)13-9-15-14(21-13)11-5-7-16(20)8-6-11;1-2/h1-4,9,11,20H,5-8H2;1-2H3. The van der Waals surface area contributed by atoms with Gasteiger partial charge in [-0.2, -0.15) is 0 Å². The molecule has 1 saturated heterocycles. The number of piperidine rings is 1. The van der Waals surface area contributed by atoms with E-state index < -0.39 is 0 Å². The molecule has 0 bridgehead atoms. The Balaban J connectivity index is 0.000000924. The Labute approximate surface area is 146 Å². The first-order valence-electron chi connectivity index (χ1n) is 7.78. The first kappa shape index (κ1) is 17.9. The Morgan fingerprint density at radius 1 is 1.26 bits per heavy atom. The van der Waals surface area contributed by atoms with Gasteiger partial charge in [0.1, 0.15) is 0 Å². The van der Waals surface area contributed by atoms with Gasteiger partial charge in [0.15, 0.2) is 0 Å². The summed E-state index contributed by atoms with van der Waals surface area (Å²) in [6.45, 7) is 5.97. The van der Waals surface area contributed by atoms with Crippen molar-refractivity contribution in [2.45, 2.75) is 32.6 Å². The number of thiol groups is 1. The molecule has 2 aromatic rings. The molecule has 0 radical (unpaired) electrons. The van der Waals surface area contributed by atoms with Gasteiger partial charge in [0.25, 0.3) is 5.69 Å². The van der Waals surface area contributed by atoms with Crippen molar-refractivity contribution in [3.8, 4) is 10.4 Å². The summed E-state index contributed by atoms with van der Waals surface area (Å²) in [7, 11) is 0. The average Bonchev–Trinajstić information content (AvgIpc) is 3.07. The summed E-state index contributed by atoms with van der Waals surface area (Å²) in [6.07, 6.45) is 4.03. The minimum absolute atomic E-state index is 0.115. The molecule has 1 aromatic heterocycles. The van der Waals surface area contributed by atoms with Crippen molar-refractivity contribution in [1.29, 1.82) is 0 Å². The maximum absolute atomic E-state index is 10.7. The lowest BCUT2D eigenvalue weighted by Gasteiger charge is -2.26. The van der Waals surface area contributed by atoms with E-state index in [0.717, 1.165) is 41.4 Å². The highest BCUT2D eigenvalue weighted by Gasteiger charge is 2.21. The normalized spacial score (nSPS) is 15.8. The van der Waals surface area contributed by atoms with Crippen LogP contribution in [0, 0.1) is 10.1 Å². The molecule has 1 aliphatic rings. The van der Waals surface area contributed by atoms with Crippen molar-refractivity contribution in [1.82, 2.24) is 9.29 Å². The van der Waals surface area contributed by atoms with Gasteiger partial charge in [0, 0.05) is 37.3 Å². The smallest absolute Gasteiger partial charge is 0.258 e. The third kappa shape index (κ3) is 4.53. The minimum atomic E-state index is -0.382. The lowest BCUT2D eigenvalue weighted by Crippen LogP contribution is -2.25. The second-order valence-electron chi connectivity index (χ2n) is 5.09. The van der Waals surface area contributed by atoms with Crippen LogP contribution in [0.3, 0.4) is 0 Å². The van der Waals surface area contributed by atoms with Gasteiger partial charge >= 0.3 is 0 Å². The fourth-order valence-corrected chi connectivity index (χ4v) is 3.79. The molecule has 0 aliphatic carbocycles. The monoisotopic (exact) mass is 351 g/mol. The number of benzene rings is 1. The fourth-order valence-electron chi connectivity index (χ4n) is 2.47. The van der Waals surface area contributed by atoms with Crippen LogP contribution >= 0.6 is 24.2 Å². The predicted molar refractivity (Wildman–Crippen MR) is 98.1 cm³/mol. The molecular weight excluding hydrogens is 330 g/mol. The first-order valence-corrected chi connectivity index (χ1v) is 8.99. The van der Waals surface area contributed by atoms with Crippen molar-refractivity contribution < 1.29 is 4.92 Å². The molecule has 7 heteroatoms. The van der Waals surface area contributed by atoms with E-state index in [2.05, 4.69) is 17.8 Å². The lowest BCUT2D eigenvalue weighted by atomic mass is 9.99. The summed E-state index contributed by atoms with van der Waals surface area (Å²) in [5, 5.41) is 11.8. The molecule has 1 fully saturated rings. The van der Waals surface area contributed by atoms with Crippen molar-refractivity contribution in [2.75, 3.05) is 13.1 Å². The van der Waals surface area contributed by atoms with Crippen LogP contribution in [-0.2, 0) is 0 Å². The third-order valence-corrected chi connectivity index (χ3v) is 5.32. The highest BCUT2D eigenvalue weighted by Crippen LogP contribution is 2.35. The van der Waals surface area contributed by atoms with E-state index in [1.54, 1.807) is 23.5 Å². The van der Waals surface area contributed by atoms with Gasteiger partial charge in [-0.25, -0.2) is 4.98 Å². The van der Waals surface area contributed by atoms with Crippen LogP contribution in [0.2, 0.25) is 0 Å². The molecule has 0 atom stereocenters. The Morgan fingerprint density at radius 3 is 2.43 bits per heavy atom. The van der Waals surface area contributed by atoms with Gasteiger partial charge < -0.3 is 0 Å². The van der Waals surface area contributed by atoms with E-state index in [-0.39, 0.29) is 10.6 Å². The molecule has 2 heterocycles. The van der Waals surface area contributed by atoms with Gasteiger partial charge in [-0.1, -0.05) is 26.7 Å².